The average Bonchev–Trinajstić information content (AvgIpc) is 3.37. The van der Waals surface area contributed by atoms with Crippen LogP contribution in [-0.4, -0.2) is 24.7 Å². The van der Waals surface area contributed by atoms with Crippen LogP contribution in [0.3, 0.4) is 0 Å². The first kappa shape index (κ1) is 17.7. The van der Waals surface area contributed by atoms with E-state index >= 15 is 0 Å². The molecular formula is C18H17N5O2S2. The second kappa shape index (κ2) is 7.16. The second-order valence-corrected chi connectivity index (χ2v) is 8.11. The minimum atomic E-state index is -0.168. The SMILES string of the molecule is C=CCn1c(C)nnc1S[C@H](C)c1nc2scc(-c3ccco3)c2c(=O)[nH]1. The van der Waals surface area contributed by atoms with Crippen molar-refractivity contribution < 1.29 is 4.42 Å². The Balaban J connectivity index is 1.68. The van der Waals surface area contributed by atoms with Crippen molar-refractivity contribution >= 4 is 33.3 Å². The van der Waals surface area contributed by atoms with E-state index in [2.05, 4.69) is 26.7 Å². The first-order valence-corrected chi connectivity index (χ1v) is 10.1. The highest BCUT2D eigenvalue weighted by Gasteiger charge is 2.19. The Kier molecular flexibility index (Phi) is 4.71. The van der Waals surface area contributed by atoms with Gasteiger partial charge in [0, 0.05) is 17.5 Å². The van der Waals surface area contributed by atoms with Gasteiger partial charge in [0.05, 0.1) is 16.9 Å². The van der Waals surface area contributed by atoms with Gasteiger partial charge in [-0.1, -0.05) is 17.8 Å². The molecule has 4 aromatic heterocycles. The molecule has 0 aliphatic rings. The van der Waals surface area contributed by atoms with Crippen molar-refractivity contribution in [3.63, 3.8) is 0 Å². The number of hydrogen-bond donors (Lipinski definition) is 1. The van der Waals surface area contributed by atoms with Crippen molar-refractivity contribution in [1.29, 1.82) is 0 Å². The number of aromatic amines is 1. The first-order chi connectivity index (χ1) is 13.1. The van der Waals surface area contributed by atoms with Gasteiger partial charge in [-0.05, 0) is 26.0 Å². The number of allylic oxidation sites excluding steroid dienone is 1. The summed E-state index contributed by atoms with van der Waals surface area (Å²) in [7, 11) is 0. The molecule has 0 radical (unpaired) electrons. The van der Waals surface area contributed by atoms with E-state index in [4.69, 9.17) is 4.42 Å². The lowest BCUT2D eigenvalue weighted by atomic mass is 10.2. The molecule has 4 aromatic rings. The zero-order chi connectivity index (χ0) is 19.0. The van der Waals surface area contributed by atoms with Gasteiger partial charge in [0.15, 0.2) is 5.16 Å². The predicted octanol–water partition coefficient (Wildman–Crippen LogP) is 4.18. The Morgan fingerprint density at radius 3 is 3.07 bits per heavy atom. The minimum absolute atomic E-state index is 0.0940. The van der Waals surface area contributed by atoms with Gasteiger partial charge in [-0.3, -0.25) is 4.79 Å². The molecule has 4 rings (SSSR count). The van der Waals surface area contributed by atoms with Crippen LogP contribution in [0.15, 0.2) is 50.8 Å². The molecule has 0 saturated carbocycles. The van der Waals surface area contributed by atoms with Crippen LogP contribution in [0.5, 0.6) is 0 Å². The summed E-state index contributed by atoms with van der Waals surface area (Å²) in [5, 5.41) is 11.5. The number of thiophene rings is 1. The second-order valence-electron chi connectivity index (χ2n) is 5.95. The third-order valence-electron chi connectivity index (χ3n) is 4.13. The number of hydrogen-bond acceptors (Lipinski definition) is 7. The molecule has 0 aromatic carbocycles. The highest BCUT2D eigenvalue weighted by Crippen LogP contribution is 2.35. The van der Waals surface area contributed by atoms with Gasteiger partial charge >= 0.3 is 0 Å². The van der Waals surface area contributed by atoms with Gasteiger partial charge in [0.25, 0.3) is 5.56 Å². The zero-order valence-corrected chi connectivity index (χ0v) is 16.4. The summed E-state index contributed by atoms with van der Waals surface area (Å²) in [4.78, 5) is 21.0. The number of rotatable bonds is 6. The fourth-order valence-electron chi connectivity index (χ4n) is 2.77. The van der Waals surface area contributed by atoms with E-state index < -0.39 is 0 Å². The molecule has 138 valence electrons. The van der Waals surface area contributed by atoms with Crippen LogP contribution in [0, 0.1) is 6.92 Å². The largest absolute Gasteiger partial charge is 0.464 e. The first-order valence-electron chi connectivity index (χ1n) is 8.31. The van der Waals surface area contributed by atoms with Crippen molar-refractivity contribution in [1.82, 2.24) is 24.7 Å². The summed E-state index contributed by atoms with van der Waals surface area (Å²) in [5.41, 5.74) is 0.598. The summed E-state index contributed by atoms with van der Waals surface area (Å²) >= 11 is 2.93. The number of fused-ring (bicyclic) bond motifs is 1. The molecule has 0 aliphatic carbocycles. The number of nitrogens with zero attached hydrogens (tertiary/aromatic N) is 4. The third-order valence-corrected chi connectivity index (χ3v) is 6.09. The highest BCUT2D eigenvalue weighted by atomic mass is 32.2. The standard InChI is InChI=1S/C18H17N5O2S2/c1-4-7-23-11(3)21-22-18(23)27-10(2)15-19-16(24)14-12(9-26-17(14)20-15)13-6-5-8-25-13/h4-6,8-10H,1,7H2,2-3H3,(H,19,20,24)/t10-/m1/s1. The molecule has 0 unspecified atom stereocenters. The molecule has 0 amide bonds. The fourth-order valence-corrected chi connectivity index (χ4v) is 4.67. The van der Waals surface area contributed by atoms with E-state index in [1.807, 2.05) is 29.9 Å². The molecule has 0 fully saturated rings. The summed E-state index contributed by atoms with van der Waals surface area (Å²) in [6.45, 7) is 8.29. The maximum absolute atomic E-state index is 12.7. The van der Waals surface area contributed by atoms with Crippen LogP contribution >= 0.6 is 23.1 Å². The van der Waals surface area contributed by atoms with Crippen molar-refractivity contribution in [2.75, 3.05) is 0 Å². The Morgan fingerprint density at radius 1 is 1.48 bits per heavy atom. The van der Waals surface area contributed by atoms with Gasteiger partial charge in [-0.15, -0.1) is 28.1 Å². The molecule has 27 heavy (non-hydrogen) atoms. The molecule has 1 N–H and O–H groups in total. The van der Waals surface area contributed by atoms with Gasteiger partial charge in [-0.25, -0.2) is 4.98 Å². The smallest absolute Gasteiger partial charge is 0.260 e. The number of H-pyrrole nitrogens is 1. The summed E-state index contributed by atoms with van der Waals surface area (Å²) < 4.78 is 7.41. The lowest BCUT2D eigenvalue weighted by molar-refractivity contribution is 0.583. The fraction of sp³-hybridized carbons (Fsp3) is 0.222. The Hall–Kier alpha value is -2.65. The van der Waals surface area contributed by atoms with Crippen molar-refractivity contribution in [3.05, 3.63) is 58.4 Å². The summed E-state index contributed by atoms with van der Waals surface area (Å²) in [6.07, 6.45) is 3.40. The summed E-state index contributed by atoms with van der Waals surface area (Å²) in [5.74, 6) is 2.09. The van der Waals surface area contributed by atoms with Gasteiger partial charge in [0.1, 0.15) is 22.2 Å². The van der Waals surface area contributed by atoms with Crippen LogP contribution in [0.1, 0.15) is 23.8 Å². The molecule has 0 saturated heterocycles. The number of thioether (sulfide) groups is 1. The van der Waals surface area contributed by atoms with E-state index in [1.54, 1.807) is 18.4 Å². The van der Waals surface area contributed by atoms with E-state index in [0.29, 0.717) is 28.3 Å². The molecule has 0 bridgehead atoms. The van der Waals surface area contributed by atoms with Crippen LogP contribution < -0.4 is 5.56 Å². The minimum Gasteiger partial charge on any atom is -0.464 e. The van der Waals surface area contributed by atoms with Crippen LogP contribution in [0.25, 0.3) is 21.5 Å². The monoisotopic (exact) mass is 399 g/mol. The predicted molar refractivity (Wildman–Crippen MR) is 107 cm³/mol. The highest BCUT2D eigenvalue weighted by molar-refractivity contribution is 7.99. The number of aromatic nitrogens is 5. The molecule has 1 atom stereocenters. The zero-order valence-electron chi connectivity index (χ0n) is 14.8. The Labute approximate surface area is 163 Å². The van der Waals surface area contributed by atoms with E-state index in [-0.39, 0.29) is 10.8 Å². The van der Waals surface area contributed by atoms with Crippen LogP contribution in [0.4, 0.5) is 0 Å². The van der Waals surface area contributed by atoms with Crippen molar-refractivity contribution in [2.24, 2.45) is 0 Å². The molecule has 7 nitrogen and oxygen atoms in total. The van der Waals surface area contributed by atoms with E-state index in [0.717, 1.165) is 16.5 Å². The number of furan rings is 1. The average molecular weight is 400 g/mol. The van der Waals surface area contributed by atoms with Gasteiger partial charge in [-0.2, -0.15) is 0 Å². The quantitative estimate of drug-likeness (QED) is 0.386. The Bertz CT molecular complexity index is 1160. The Morgan fingerprint density at radius 2 is 2.33 bits per heavy atom. The van der Waals surface area contributed by atoms with E-state index in [1.165, 1.54) is 23.1 Å². The van der Waals surface area contributed by atoms with Crippen LogP contribution in [-0.2, 0) is 6.54 Å². The lowest BCUT2D eigenvalue weighted by Crippen LogP contribution is -2.12. The van der Waals surface area contributed by atoms with Crippen LogP contribution in [0.2, 0.25) is 0 Å². The molecule has 9 heteroatoms. The molecule has 4 heterocycles. The van der Waals surface area contributed by atoms with Gasteiger partial charge < -0.3 is 14.0 Å². The number of nitrogens with one attached hydrogen (secondary N) is 1. The van der Waals surface area contributed by atoms with Crippen molar-refractivity contribution in [2.45, 2.75) is 30.8 Å². The maximum Gasteiger partial charge on any atom is 0.260 e. The lowest BCUT2D eigenvalue weighted by Gasteiger charge is -2.11. The topological polar surface area (TPSA) is 89.6 Å². The summed E-state index contributed by atoms with van der Waals surface area (Å²) in [6, 6.07) is 3.64. The van der Waals surface area contributed by atoms with Gasteiger partial charge in [0.2, 0.25) is 0 Å². The molecule has 0 spiro atoms. The third kappa shape index (κ3) is 3.24. The maximum atomic E-state index is 12.7. The number of aryl methyl sites for hydroxylation is 1. The normalized spacial score (nSPS) is 12.5. The molecule has 0 aliphatic heterocycles. The molecular weight excluding hydrogens is 382 g/mol. The van der Waals surface area contributed by atoms with Crippen molar-refractivity contribution in [3.8, 4) is 11.3 Å². The van der Waals surface area contributed by atoms with E-state index in [9.17, 15) is 4.79 Å².